The summed E-state index contributed by atoms with van der Waals surface area (Å²) >= 11 is 3.40. The molecule has 0 unspecified atom stereocenters. The number of carbonyl (C=O) groups excluding carboxylic acids is 1. The molecule has 124 valence electrons. The zero-order valence-corrected chi connectivity index (χ0v) is 14.4. The van der Waals surface area contributed by atoms with Crippen LogP contribution in [0.5, 0.6) is 0 Å². The van der Waals surface area contributed by atoms with E-state index in [-0.39, 0.29) is 24.6 Å². The van der Waals surface area contributed by atoms with Crippen LogP contribution in [0.4, 0.5) is 5.69 Å². The van der Waals surface area contributed by atoms with E-state index in [0.717, 1.165) is 10.2 Å². The van der Waals surface area contributed by atoms with Crippen molar-refractivity contribution in [1.29, 1.82) is 0 Å². The topological polar surface area (TPSA) is 108 Å². The molecule has 0 aliphatic carbocycles. The second-order valence-corrected chi connectivity index (χ2v) is 5.76. The highest BCUT2D eigenvalue weighted by atomic mass is 79.9. The number of nitro groups is 1. The van der Waals surface area contributed by atoms with Gasteiger partial charge in [0.15, 0.2) is 0 Å². The summed E-state index contributed by atoms with van der Waals surface area (Å²) in [5, 5.41) is 21.8. The number of halogens is 1. The van der Waals surface area contributed by atoms with Gasteiger partial charge in [-0.3, -0.25) is 24.3 Å². The van der Waals surface area contributed by atoms with E-state index in [1.54, 1.807) is 17.8 Å². The maximum absolute atomic E-state index is 11.9. The Kier molecular flexibility index (Phi) is 5.48. The first kappa shape index (κ1) is 17.1. The lowest BCUT2D eigenvalue weighted by atomic mass is 10.3. The third-order valence-electron chi connectivity index (χ3n) is 3.34. The molecule has 0 spiro atoms. The summed E-state index contributed by atoms with van der Waals surface area (Å²) in [4.78, 5) is 22.2. The second-order valence-electron chi connectivity index (χ2n) is 4.90. The van der Waals surface area contributed by atoms with Gasteiger partial charge < -0.3 is 5.32 Å². The molecule has 0 aromatic carbocycles. The zero-order chi connectivity index (χ0) is 17.0. The number of amides is 1. The quantitative estimate of drug-likeness (QED) is 0.578. The van der Waals surface area contributed by atoms with Gasteiger partial charge in [-0.25, -0.2) is 0 Å². The van der Waals surface area contributed by atoms with Gasteiger partial charge in [0.1, 0.15) is 11.9 Å². The maximum Gasteiger partial charge on any atom is 0.309 e. The predicted molar refractivity (Wildman–Crippen MR) is 85.7 cm³/mol. The van der Waals surface area contributed by atoms with Crippen molar-refractivity contribution >= 4 is 27.5 Å². The Morgan fingerprint density at radius 1 is 1.52 bits per heavy atom. The van der Waals surface area contributed by atoms with Crippen LogP contribution < -0.4 is 5.32 Å². The molecule has 10 heteroatoms. The SMILES string of the molecule is CCn1ncc(Br)c1CNC(=O)CCn1cc([N+](=O)[O-])c(C)n1. The molecule has 0 aliphatic rings. The predicted octanol–water partition coefficient (Wildman–Crippen LogP) is 1.79. The molecule has 0 atom stereocenters. The van der Waals surface area contributed by atoms with Crippen molar-refractivity contribution in [2.45, 2.75) is 39.9 Å². The summed E-state index contributed by atoms with van der Waals surface area (Å²) < 4.78 is 4.06. The van der Waals surface area contributed by atoms with E-state index < -0.39 is 4.92 Å². The van der Waals surface area contributed by atoms with E-state index in [0.29, 0.717) is 18.8 Å². The van der Waals surface area contributed by atoms with Crippen LogP contribution in [-0.4, -0.2) is 30.4 Å². The van der Waals surface area contributed by atoms with E-state index in [4.69, 9.17) is 0 Å². The van der Waals surface area contributed by atoms with Crippen LogP contribution in [0.25, 0.3) is 0 Å². The van der Waals surface area contributed by atoms with Crippen LogP contribution in [0.2, 0.25) is 0 Å². The molecule has 1 N–H and O–H groups in total. The summed E-state index contributed by atoms with van der Waals surface area (Å²) in [5.41, 5.74) is 1.19. The lowest BCUT2D eigenvalue weighted by Crippen LogP contribution is -2.25. The lowest BCUT2D eigenvalue weighted by Gasteiger charge is -2.08. The highest BCUT2D eigenvalue weighted by Gasteiger charge is 2.16. The van der Waals surface area contributed by atoms with Crippen LogP contribution >= 0.6 is 15.9 Å². The molecule has 0 bridgehead atoms. The normalized spacial score (nSPS) is 10.7. The molecule has 0 saturated heterocycles. The number of nitrogens with one attached hydrogen (secondary N) is 1. The number of hydrogen-bond acceptors (Lipinski definition) is 5. The van der Waals surface area contributed by atoms with E-state index >= 15 is 0 Å². The molecule has 0 saturated carbocycles. The van der Waals surface area contributed by atoms with Crippen molar-refractivity contribution in [3.63, 3.8) is 0 Å². The van der Waals surface area contributed by atoms with Crippen molar-refractivity contribution in [2.75, 3.05) is 0 Å². The minimum atomic E-state index is -0.484. The van der Waals surface area contributed by atoms with E-state index in [1.165, 1.54) is 10.9 Å². The van der Waals surface area contributed by atoms with Crippen LogP contribution in [-0.2, 0) is 24.4 Å². The van der Waals surface area contributed by atoms with Gasteiger partial charge in [0.05, 0.1) is 27.8 Å². The minimum absolute atomic E-state index is 0.0406. The molecule has 2 heterocycles. The molecular weight excluding hydrogens is 368 g/mol. The largest absolute Gasteiger partial charge is 0.350 e. The first-order valence-corrected chi connectivity index (χ1v) is 7.87. The molecule has 2 rings (SSSR count). The number of carbonyl (C=O) groups is 1. The number of rotatable bonds is 7. The zero-order valence-electron chi connectivity index (χ0n) is 12.8. The Morgan fingerprint density at radius 2 is 2.26 bits per heavy atom. The fourth-order valence-electron chi connectivity index (χ4n) is 2.12. The number of hydrogen-bond donors (Lipinski definition) is 1. The maximum atomic E-state index is 11.9. The molecular formula is C13H17BrN6O3. The number of aryl methyl sites for hydroxylation is 3. The molecule has 2 aromatic rings. The molecule has 0 fully saturated rings. The van der Waals surface area contributed by atoms with Crippen LogP contribution in [0.3, 0.4) is 0 Å². The average molecular weight is 385 g/mol. The molecule has 23 heavy (non-hydrogen) atoms. The second kappa shape index (κ2) is 7.36. The third kappa shape index (κ3) is 4.15. The Hall–Kier alpha value is -2.23. The van der Waals surface area contributed by atoms with Crippen molar-refractivity contribution < 1.29 is 9.72 Å². The van der Waals surface area contributed by atoms with Gasteiger partial charge in [0.2, 0.25) is 5.91 Å². The Labute approximate surface area is 140 Å². The van der Waals surface area contributed by atoms with Gasteiger partial charge in [0, 0.05) is 19.5 Å². The van der Waals surface area contributed by atoms with Crippen LogP contribution in [0, 0.1) is 17.0 Å². The van der Waals surface area contributed by atoms with Gasteiger partial charge in [0.25, 0.3) is 0 Å². The van der Waals surface area contributed by atoms with Crippen molar-refractivity contribution in [2.24, 2.45) is 0 Å². The van der Waals surface area contributed by atoms with Crippen molar-refractivity contribution in [3.05, 3.63) is 38.4 Å². The summed E-state index contributed by atoms with van der Waals surface area (Å²) in [6, 6.07) is 0. The highest BCUT2D eigenvalue weighted by molar-refractivity contribution is 9.10. The summed E-state index contributed by atoms with van der Waals surface area (Å²) in [6.45, 7) is 4.91. The summed E-state index contributed by atoms with van der Waals surface area (Å²) in [6.07, 6.45) is 3.22. The van der Waals surface area contributed by atoms with Crippen LogP contribution in [0.15, 0.2) is 16.9 Å². The van der Waals surface area contributed by atoms with Gasteiger partial charge in [-0.1, -0.05) is 0 Å². The molecule has 0 aliphatic heterocycles. The number of nitrogens with zero attached hydrogens (tertiary/aromatic N) is 5. The fraction of sp³-hybridized carbons (Fsp3) is 0.462. The van der Waals surface area contributed by atoms with Crippen molar-refractivity contribution in [3.8, 4) is 0 Å². The smallest absolute Gasteiger partial charge is 0.309 e. The highest BCUT2D eigenvalue weighted by Crippen LogP contribution is 2.16. The van der Waals surface area contributed by atoms with Gasteiger partial charge in [-0.15, -0.1) is 0 Å². The third-order valence-corrected chi connectivity index (χ3v) is 4.00. The molecule has 0 radical (unpaired) electrons. The van der Waals surface area contributed by atoms with Gasteiger partial charge in [-0.05, 0) is 29.8 Å². The average Bonchev–Trinajstić information content (AvgIpc) is 3.05. The molecule has 9 nitrogen and oxygen atoms in total. The Morgan fingerprint density at radius 3 is 2.87 bits per heavy atom. The van der Waals surface area contributed by atoms with E-state index in [1.807, 2.05) is 6.92 Å². The van der Waals surface area contributed by atoms with E-state index in [2.05, 4.69) is 31.4 Å². The van der Waals surface area contributed by atoms with Gasteiger partial charge >= 0.3 is 5.69 Å². The Balaban J connectivity index is 1.87. The first-order chi connectivity index (χ1) is 10.9. The molecule has 1 amide bonds. The lowest BCUT2D eigenvalue weighted by molar-refractivity contribution is -0.385. The minimum Gasteiger partial charge on any atom is -0.350 e. The number of aromatic nitrogens is 4. The standard InChI is InChI=1S/C13H17BrN6O3/c1-3-19-11(10(14)6-16-19)7-15-13(21)4-5-18-8-12(20(22)23)9(2)17-18/h6,8H,3-5,7H2,1-2H3,(H,15,21). The first-order valence-electron chi connectivity index (χ1n) is 7.07. The van der Waals surface area contributed by atoms with Crippen molar-refractivity contribution in [1.82, 2.24) is 24.9 Å². The fourth-order valence-corrected chi connectivity index (χ4v) is 2.56. The molecule has 2 aromatic heterocycles. The van der Waals surface area contributed by atoms with Gasteiger partial charge in [-0.2, -0.15) is 10.2 Å². The van der Waals surface area contributed by atoms with E-state index in [9.17, 15) is 14.9 Å². The Bertz CT molecular complexity index is 723. The van der Waals surface area contributed by atoms with Crippen LogP contribution in [0.1, 0.15) is 24.7 Å². The summed E-state index contributed by atoms with van der Waals surface area (Å²) in [5.74, 6) is -0.156. The summed E-state index contributed by atoms with van der Waals surface area (Å²) in [7, 11) is 0. The monoisotopic (exact) mass is 384 g/mol.